The van der Waals surface area contributed by atoms with Crippen molar-refractivity contribution in [3.05, 3.63) is 29.6 Å². The van der Waals surface area contributed by atoms with Gasteiger partial charge in [0.15, 0.2) is 0 Å². The molecule has 0 atom stereocenters. The highest BCUT2D eigenvalue weighted by Gasteiger charge is 2.41. The molecular weight excluding hydrogens is 216 g/mol. The first-order valence-electron chi connectivity index (χ1n) is 5.93. The summed E-state index contributed by atoms with van der Waals surface area (Å²) in [5.74, 6) is -0.0252. The minimum absolute atomic E-state index is 0.0252. The molecule has 1 fully saturated rings. The van der Waals surface area contributed by atoms with Crippen molar-refractivity contribution in [2.24, 2.45) is 5.41 Å². The normalized spacial score (nSPS) is 16.6. The van der Waals surface area contributed by atoms with E-state index in [2.05, 4.69) is 10.3 Å². The van der Waals surface area contributed by atoms with E-state index in [0.717, 1.165) is 24.1 Å². The number of aromatic nitrogens is 1. The van der Waals surface area contributed by atoms with E-state index in [1.165, 1.54) is 0 Å². The monoisotopic (exact) mass is 234 g/mol. The van der Waals surface area contributed by atoms with Crippen LogP contribution in [0.5, 0.6) is 0 Å². The smallest absolute Gasteiger partial charge is 0.226 e. The lowest BCUT2D eigenvalue weighted by Crippen LogP contribution is -2.33. The summed E-state index contributed by atoms with van der Waals surface area (Å²) < 4.78 is 0. The average molecular weight is 234 g/mol. The molecule has 92 valence electrons. The van der Waals surface area contributed by atoms with Gasteiger partial charge in [-0.25, -0.2) is 0 Å². The van der Waals surface area contributed by atoms with E-state index >= 15 is 0 Å². The number of rotatable bonds is 5. The van der Waals surface area contributed by atoms with Gasteiger partial charge < -0.3 is 10.4 Å². The summed E-state index contributed by atoms with van der Waals surface area (Å²) in [7, 11) is 0. The zero-order valence-electron chi connectivity index (χ0n) is 10.1. The number of pyridine rings is 1. The summed E-state index contributed by atoms with van der Waals surface area (Å²) in [6, 6.07) is 3.82. The molecule has 0 spiro atoms. The zero-order chi connectivity index (χ0) is 12.3. The number of hydrogen-bond acceptors (Lipinski definition) is 3. The van der Waals surface area contributed by atoms with E-state index < -0.39 is 0 Å². The summed E-state index contributed by atoms with van der Waals surface area (Å²) >= 11 is 0. The summed E-state index contributed by atoms with van der Waals surface area (Å²) in [5.41, 5.74) is 1.86. The highest BCUT2D eigenvalue weighted by Crippen LogP contribution is 2.44. The van der Waals surface area contributed by atoms with E-state index in [-0.39, 0.29) is 17.9 Å². The molecule has 2 N–H and O–H groups in total. The molecule has 0 radical (unpaired) electrons. The molecule has 1 heterocycles. The molecule has 1 aromatic rings. The molecule has 17 heavy (non-hydrogen) atoms. The van der Waals surface area contributed by atoms with Gasteiger partial charge in [0, 0.05) is 23.9 Å². The van der Waals surface area contributed by atoms with Crippen molar-refractivity contribution < 1.29 is 9.90 Å². The van der Waals surface area contributed by atoms with Gasteiger partial charge in [-0.15, -0.1) is 0 Å². The molecule has 1 aliphatic rings. The molecule has 2 rings (SSSR count). The van der Waals surface area contributed by atoms with Crippen LogP contribution in [0.2, 0.25) is 0 Å². The minimum Gasteiger partial charge on any atom is -0.396 e. The molecule has 4 nitrogen and oxygen atoms in total. The number of aryl methyl sites for hydroxylation is 1. The number of carbonyl (C=O) groups excluding carboxylic acids is 1. The molecule has 0 aliphatic heterocycles. The van der Waals surface area contributed by atoms with Crippen molar-refractivity contribution in [1.29, 1.82) is 0 Å². The summed E-state index contributed by atoms with van der Waals surface area (Å²) in [6.07, 6.45) is 4.04. The van der Waals surface area contributed by atoms with Crippen LogP contribution in [0.25, 0.3) is 0 Å². The number of aliphatic hydroxyl groups excluding tert-OH is 1. The van der Waals surface area contributed by atoms with Crippen LogP contribution in [0.4, 0.5) is 0 Å². The maximum absolute atomic E-state index is 11.7. The topological polar surface area (TPSA) is 62.2 Å². The molecule has 4 heteroatoms. The van der Waals surface area contributed by atoms with Crippen molar-refractivity contribution in [2.75, 3.05) is 13.2 Å². The first kappa shape index (κ1) is 12.0. The van der Waals surface area contributed by atoms with Crippen LogP contribution in [0.3, 0.4) is 0 Å². The predicted molar refractivity (Wildman–Crippen MR) is 64.4 cm³/mol. The van der Waals surface area contributed by atoms with Gasteiger partial charge in [0.25, 0.3) is 0 Å². The van der Waals surface area contributed by atoms with Crippen molar-refractivity contribution in [3.63, 3.8) is 0 Å². The Balaban J connectivity index is 1.81. The maximum atomic E-state index is 11.7. The minimum atomic E-state index is -0.0321. The summed E-state index contributed by atoms with van der Waals surface area (Å²) in [5, 5.41) is 12.0. The first-order chi connectivity index (χ1) is 8.13. The van der Waals surface area contributed by atoms with Gasteiger partial charge >= 0.3 is 0 Å². The van der Waals surface area contributed by atoms with E-state index in [4.69, 9.17) is 5.11 Å². The largest absolute Gasteiger partial charge is 0.396 e. The maximum Gasteiger partial charge on any atom is 0.226 e. The predicted octanol–water partition coefficient (Wildman–Crippen LogP) is 0.821. The summed E-state index contributed by atoms with van der Waals surface area (Å²) in [4.78, 5) is 15.8. The van der Waals surface area contributed by atoms with Gasteiger partial charge in [0.05, 0.1) is 13.0 Å². The highest BCUT2D eigenvalue weighted by molar-refractivity contribution is 5.78. The van der Waals surface area contributed by atoms with Gasteiger partial charge in [0.1, 0.15) is 0 Å². The van der Waals surface area contributed by atoms with Gasteiger partial charge in [-0.05, 0) is 37.5 Å². The lowest BCUT2D eigenvalue weighted by molar-refractivity contribution is -0.120. The van der Waals surface area contributed by atoms with Crippen LogP contribution in [0.15, 0.2) is 18.3 Å². The van der Waals surface area contributed by atoms with Crippen LogP contribution in [0, 0.1) is 12.3 Å². The van der Waals surface area contributed by atoms with E-state index in [1.807, 2.05) is 19.1 Å². The molecule has 1 aliphatic carbocycles. The standard InChI is InChI=1S/C13H18N2O2/c1-10-2-5-14-11(6-10)7-12(17)15-8-13(9-16)3-4-13/h2,5-6,16H,3-4,7-9H2,1H3,(H,15,17). The number of carbonyl (C=O) groups is 1. The van der Waals surface area contributed by atoms with Crippen LogP contribution in [-0.4, -0.2) is 29.1 Å². The van der Waals surface area contributed by atoms with Gasteiger partial charge in [-0.3, -0.25) is 9.78 Å². The Labute approximate surface area is 101 Å². The SMILES string of the molecule is Cc1ccnc(CC(=O)NCC2(CO)CC2)c1. The lowest BCUT2D eigenvalue weighted by Gasteiger charge is -2.12. The second kappa shape index (κ2) is 4.84. The number of aliphatic hydroxyl groups is 1. The fourth-order valence-corrected chi connectivity index (χ4v) is 1.78. The lowest BCUT2D eigenvalue weighted by atomic mass is 10.1. The van der Waals surface area contributed by atoms with E-state index in [9.17, 15) is 4.79 Å². The average Bonchev–Trinajstić information content (AvgIpc) is 3.07. The van der Waals surface area contributed by atoms with Gasteiger partial charge in [-0.1, -0.05) is 0 Å². The van der Waals surface area contributed by atoms with E-state index in [1.54, 1.807) is 6.20 Å². The van der Waals surface area contributed by atoms with Gasteiger partial charge in [-0.2, -0.15) is 0 Å². The number of hydrogen-bond donors (Lipinski definition) is 2. The molecule has 1 saturated carbocycles. The Morgan fingerprint density at radius 3 is 2.94 bits per heavy atom. The molecule has 1 aromatic heterocycles. The third-order valence-electron chi connectivity index (χ3n) is 3.27. The number of amides is 1. The van der Waals surface area contributed by atoms with Crippen LogP contribution < -0.4 is 5.32 Å². The Bertz CT molecular complexity index is 414. The van der Waals surface area contributed by atoms with Gasteiger partial charge in [0.2, 0.25) is 5.91 Å². The molecule has 0 bridgehead atoms. The highest BCUT2D eigenvalue weighted by atomic mass is 16.3. The Kier molecular flexibility index (Phi) is 3.43. The molecule has 0 saturated heterocycles. The Morgan fingerprint density at radius 2 is 2.35 bits per heavy atom. The third kappa shape index (κ3) is 3.27. The fourth-order valence-electron chi connectivity index (χ4n) is 1.78. The molecular formula is C13H18N2O2. The van der Waals surface area contributed by atoms with Crippen molar-refractivity contribution in [2.45, 2.75) is 26.2 Å². The number of nitrogens with one attached hydrogen (secondary N) is 1. The van der Waals surface area contributed by atoms with E-state index in [0.29, 0.717) is 13.0 Å². The Morgan fingerprint density at radius 1 is 1.59 bits per heavy atom. The second-order valence-electron chi connectivity index (χ2n) is 4.94. The van der Waals surface area contributed by atoms with Crippen LogP contribution >= 0.6 is 0 Å². The van der Waals surface area contributed by atoms with Crippen molar-refractivity contribution in [3.8, 4) is 0 Å². The first-order valence-corrected chi connectivity index (χ1v) is 5.93. The molecule has 1 amide bonds. The van der Waals surface area contributed by atoms with Crippen LogP contribution in [0.1, 0.15) is 24.1 Å². The quantitative estimate of drug-likeness (QED) is 0.793. The molecule has 0 unspecified atom stereocenters. The molecule has 0 aromatic carbocycles. The Hall–Kier alpha value is -1.42. The number of nitrogens with zero attached hydrogens (tertiary/aromatic N) is 1. The fraction of sp³-hybridized carbons (Fsp3) is 0.538. The van der Waals surface area contributed by atoms with Crippen molar-refractivity contribution in [1.82, 2.24) is 10.3 Å². The second-order valence-corrected chi connectivity index (χ2v) is 4.94. The summed E-state index contributed by atoms with van der Waals surface area (Å²) in [6.45, 7) is 2.72. The third-order valence-corrected chi connectivity index (χ3v) is 3.27. The van der Waals surface area contributed by atoms with Crippen molar-refractivity contribution >= 4 is 5.91 Å². The zero-order valence-corrected chi connectivity index (χ0v) is 10.1. The van der Waals surface area contributed by atoms with Crippen LogP contribution in [-0.2, 0) is 11.2 Å².